The van der Waals surface area contributed by atoms with E-state index in [1.165, 1.54) is 12.1 Å². The minimum absolute atomic E-state index is 0.00865. The van der Waals surface area contributed by atoms with E-state index in [4.69, 9.17) is 0 Å². The molecule has 1 aliphatic rings. The van der Waals surface area contributed by atoms with Crippen LogP contribution in [-0.2, 0) is 19.0 Å². The van der Waals surface area contributed by atoms with Crippen LogP contribution in [0.2, 0.25) is 0 Å². The van der Waals surface area contributed by atoms with Gasteiger partial charge in [-0.05, 0) is 91.9 Å². The summed E-state index contributed by atoms with van der Waals surface area (Å²) in [5.74, 6) is 0.0446. The molecule has 1 atom stereocenters. The Balaban J connectivity index is 1.91. The van der Waals surface area contributed by atoms with E-state index in [1.54, 1.807) is 18.2 Å². The molecule has 194 valence electrons. The Labute approximate surface area is 216 Å². The first-order valence-electron chi connectivity index (χ1n) is 12.5. The number of benzene rings is 3. The molecule has 1 fully saturated rings. The molecule has 1 aliphatic heterocycles. The average Bonchev–Trinajstić information content (AvgIpc) is 2.88. The van der Waals surface area contributed by atoms with Crippen molar-refractivity contribution in [3.8, 4) is 22.6 Å². The number of phenols is 2. The van der Waals surface area contributed by atoms with Crippen molar-refractivity contribution in [1.29, 1.82) is 0 Å². The first-order valence-corrected chi connectivity index (χ1v) is 12.5. The van der Waals surface area contributed by atoms with Crippen molar-refractivity contribution in [3.63, 3.8) is 0 Å². The molecular formula is C31H32F3NO2. The fourth-order valence-corrected chi connectivity index (χ4v) is 5.13. The number of hydrogen-bond donors (Lipinski definition) is 2. The van der Waals surface area contributed by atoms with Crippen LogP contribution in [0.15, 0.2) is 79.9 Å². The quantitative estimate of drug-likeness (QED) is 0.306. The summed E-state index contributed by atoms with van der Waals surface area (Å²) >= 11 is 0. The van der Waals surface area contributed by atoms with Crippen LogP contribution in [0.3, 0.4) is 0 Å². The molecule has 1 saturated heterocycles. The van der Waals surface area contributed by atoms with Crippen LogP contribution in [0.5, 0.6) is 11.5 Å². The summed E-state index contributed by atoms with van der Waals surface area (Å²) in [6, 6.07) is 13.8. The summed E-state index contributed by atoms with van der Waals surface area (Å²) in [4.78, 5) is 2.22. The predicted octanol–water partition coefficient (Wildman–Crippen LogP) is 7.82. The Morgan fingerprint density at radius 3 is 2.05 bits per heavy atom. The largest absolute Gasteiger partial charge is 0.507 e. The molecule has 0 amide bonds. The fraction of sp³-hybridized carbons (Fsp3) is 0.290. The zero-order valence-electron chi connectivity index (χ0n) is 20.8. The highest BCUT2D eigenvalue weighted by molar-refractivity contribution is 5.78. The van der Waals surface area contributed by atoms with Gasteiger partial charge in [0.2, 0.25) is 0 Å². The molecule has 3 aromatic carbocycles. The number of likely N-dealkylation sites (tertiary alicyclic amines) is 1. The molecule has 1 unspecified atom stereocenters. The molecule has 0 saturated carbocycles. The van der Waals surface area contributed by atoms with Gasteiger partial charge >= 0.3 is 6.18 Å². The number of alkyl halides is 3. The number of piperidine rings is 1. The van der Waals surface area contributed by atoms with Crippen molar-refractivity contribution >= 4 is 0 Å². The monoisotopic (exact) mass is 507 g/mol. The fourth-order valence-electron chi connectivity index (χ4n) is 5.13. The maximum atomic E-state index is 13.3. The Hall–Kier alpha value is -3.51. The summed E-state index contributed by atoms with van der Waals surface area (Å²) in [6.07, 6.45) is 3.29. The summed E-state index contributed by atoms with van der Waals surface area (Å²) in [5.41, 5.74) is 3.37. The van der Waals surface area contributed by atoms with Crippen LogP contribution >= 0.6 is 0 Å². The Morgan fingerprint density at radius 2 is 1.43 bits per heavy atom. The van der Waals surface area contributed by atoms with Gasteiger partial charge in [0.15, 0.2) is 0 Å². The third kappa shape index (κ3) is 5.91. The lowest BCUT2D eigenvalue weighted by molar-refractivity contribution is -0.137. The van der Waals surface area contributed by atoms with Gasteiger partial charge in [0.05, 0.1) is 11.6 Å². The van der Waals surface area contributed by atoms with E-state index >= 15 is 0 Å². The normalized spacial score (nSPS) is 15.3. The molecule has 1 heterocycles. The van der Waals surface area contributed by atoms with Crippen LogP contribution in [0.1, 0.15) is 53.1 Å². The highest BCUT2D eigenvalue weighted by atomic mass is 19.4. The topological polar surface area (TPSA) is 43.7 Å². The van der Waals surface area contributed by atoms with Crippen LogP contribution in [0, 0.1) is 0 Å². The summed E-state index contributed by atoms with van der Waals surface area (Å²) in [5, 5.41) is 22.4. The number of allylic oxidation sites excluding steroid dienone is 2. The van der Waals surface area contributed by atoms with Gasteiger partial charge in [-0.15, -0.1) is 13.2 Å². The van der Waals surface area contributed by atoms with Crippen LogP contribution < -0.4 is 0 Å². The molecule has 37 heavy (non-hydrogen) atoms. The Kier molecular flexibility index (Phi) is 8.08. The van der Waals surface area contributed by atoms with Gasteiger partial charge < -0.3 is 10.2 Å². The van der Waals surface area contributed by atoms with Crippen LogP contribution in [0.4, 0.5) is 13.2 Å². The molecule has 0 spiro atoms. The first-order chi connectivity index (χ1) is 17.7. The lowest BCUT2D eigenvalue weighted by Gasteiger charge is -2.36. The van der Waals surface area contributed by atoms with Crippen molar-refractivity contribution in [2.75, 3.05) is 13.1 Å². The van der Waals surface area contributed by atoms with Crippen molar-refractivity contribution < 1.29 is 23.4 Å². The third-order valence-electron chi connectivity index (χ3n) is 6.91. The number of hydrogen-bond acceptors (Lipinski definition) is 3. The second-order valence-electron chi connectivity index (χ2n) is 9.54. The molecule has 0 radical (unpaired) electrons. The molecule has 6 heteroatoms. The number of aromatic hydroxyl groups is 2. The predicted molar refractivity (Wildman–Crippen MR) is 142 cm³/mol. The Bertz CT molecular complexity index is 1260. The average molecular weight is 508 g/mol. The van der Waals surface area contributed by atoms with Gasteiger partial charge in [0.25, 0.3) is 0 Å². The minimum Gasteiger partial charge on any atom is -0.507 e. The second-order valence-corrected chi connectivity index (χ2v) is 9.54. The number of phenolic OH excluding ortho intramolecular Hbond substituents is 2. The van der Waals surface area contributed by atoms with Crippen molar-refractivity contribution in [2.24, 2.45) is 0 Å². The van der Waals surface area contributed by atoms with Crippen molar-refractivity contribution in [3.05, 3.63) is 108 Å². The first kappa shape index (κ1) is 26.6. The van der Waals surface area contributed by atoms with E-state index in [1.807, 2.05) is 24.3 Å². The Morgan fingerprint density at radius 1 is 0.811 bits per heavy atom. The summed E-state index contributed by atoms with van der Waals surface area (Å²) in [6.45, 7) is 9.17. The lowest BCUT2D eigenvalue weighted by Crippen LogP contribution is -2.34. The van der Waals surface area contributed by atoms with E-state index in [9.17, 15) is 23.4 Å². The highest BCUT2D eigenvalue weighted by Crippen LogP contribution is 2.45. The van der Waals surface area contributed by atoms with E-state index < -0.39 is 17.8 Å². The summed E-state index contributed by atoms with van der Waals surface area (Å²) < 4.78 is 39.8. The SMILES string of the molecule is C=CCc1ccc(O)c(-c2cc(CC=C)cc(C(c3ccc(C(F)(F)F)cc3)N3CCCCC3)c2O)c1. The third-order valence-corrected chi connectivity index (χ3v) is 6.91. The molecule has 0 aliphatic carbocycles. The highest BCUT2D eigenvalue weighted by Gasteiger charge is 2.32. The van der Waals surface area contributed by atoms with E-state index in [2.05, 4.69) is 18.1 Å². The molecule has 0 aromatic heterocycles. The molecule has 2 N–H and O–H groups in total. The van der Waals surface area contributed by atoms with Crippen molar-refractivity contribution in [1.82, 2.24) is 4.90 Å². The summed E-state index contributed by atoms with van der Waals surface area (Å²) in [7, 11) is 0. The lowest BCUT2D eigenvalue weighted by atomic mass is 9.88. The van der Waals surface area contributed by atoms with Crippen molar-refractivity contribution in [2.45, 2.75) is 44.3 Å². The van der Waals surface area contributed by atoms with Gasteiger partial charge in [-0.2, -0.15) is 13.2 Å². The van der Waals surface area contributed by atoms with E-state index in [0.29, 0.717) is 35.1 Å². The zero-order valence-corrected chi connectivity index (χ0v) is 20.8. The minimum atomic E-state index is -4.42. The van der Waals surface area contributed by atoms with Gasteiger partial charge in [0, 0.05) is 16.7 Å². The number of halogens is 3. The van der Waals surface area contributed by atoms with Gasteiger partial charge in [-0.25, -0.2) is 0 Å². The molecule has 0 bridgehead atoms. The van der Waals surface area contributed by atoms with E-state index in [0.717, 1.165) is 55.6 Å². The number of rotatable bonds is 8. The maximum Gasteiger partial charge on any atom is 0.416 e. The standard InChI is InChI=1S/C31H32F3NO2/c1-3-8-21-10-15-28(36)25(18-21)26-19-22(9-4-2)20-27(30(26)37)29(35-16-6-5-7-17-35)23-11-13-24(14-12-23)31(32,33)34/h3-4,10-15,18-20,29,36-37H,1-2,5-9,16-17H2. The second kappa shape index (κ2) is 11.3. The van der Waals surface area contributed by atoms with Gasteiger partial charge in [-0.1, -0.05) is 36.8 Å². The molecule has 4 rings (SSSR count). The zero-order chi connectivity index (χ0) is 26.6. The molecular weight excluding hydrogens is 475 g/mol. The van der Waals surface area contributed by atoms with Crippen LogP contribution in [-0.4, -0.2) is 28.2 Å². The molecule has 3 nitrogen and oxygen atoms in total. The maximum absolute atomic E-state index is 13.3. The van der Waals surface area contributed by atoms with Gasteiger partial charge in [-0.3, -0.25) is 4.90 Å². The molecule has 3 aromatic rings. The number of nitrogens with zero attached hydrogens (tertiary/aromatic N) is 1. The van der Waals surface area contributed by atoms with Crippen LogP contribution in [0.25, 0.3) is 11.1 Å². The smallest absolute Gasteiger partial charge is 0.416 e. The van der Waals surface area contributed by atoms with Gasteiger partial charge in [0.1, 0.15) is 11.5 Å². The van der Waals surface area contributed by atoms with E-state index in [-0.39, 0.29) is 11.5 Å².